The lowest BCUT2D eigenvalue weighted by Gasteiger charge is -2.15. The van der Waals surface area contributed by atoms with E-state index >= 15 is 0 Å². The second kappa shape index (κ2) is 9.82. The van der Waals surface area contributed by atoms with Crippen molar-refractivity contribution in [2.24, 2.45) is 0 Å². The number of carbonyl (C=O) groups excluding carboxylic acids is 2. The fourth-order valence-electron chi connectivity index (χ4n) is 3.06. The molecule has 0 radical (unpaired) electrons. The highest BCUT2D eigenvalue weighted by Gasteiger charge is 2.22. The third-order valence-corrected chi connectivity index (χ3v) is 5.05. The van der Waals surface area contributed by atoms with Crippen LogP contribution in [0.15, 0.2) is 30.6 Å². The van der Waals surface area contributed by atoms with E-state index in [0.717, 1.165) is 18.2 Å². The van der Waals surface area contributed by atoms with Crippen molar-refractivity contribution >= 4 is 11.8 Å². The summed E-state index contributed by atoms with van der Waals surface area (Å²) in [5.41, 5.74) is 2.99. The van der Waals surface area contributed by atoms with Crippen molar-refractivity contribution in [1.29, 1.82) is 0 Å². The Morgan fingerprint density at radius 3 is 2.53 bits per heavy atom. The zero-order valence-corrected chi connectivity index (χ0v) is 18.1. The first-order chi connectivity index (χ1) is 14.0. The van der Waals surface area contributed by atoms with Crippen LogP contribution in [0, 0.1) is 6.92 Å². The molecule has 30 heavy (non-hydrogen) atoms. The summed E-state index contributed by atoms with van der Waals surface area (Å²) in [6, 6.07) is 5.10. The summed E-state index contributed by atoms with van der Waals surface area (Å²) in [5.74, 6) is -3.18. The molecule has 164 valence electrons. The maximum atomic E-state index is 13.0. The number of alkyl halides is 2. The van der Waals surface area contributed by atoms with Gasteiger partial charge in [-0.25, -0.2) is 8.78 Å². The monoisotopic (exact) mass is 420 g/mol. The number of hydrogen-bond acceptors (Lipinski definition) is 3. The number of pyridine rings is 1. The van der Waals surface area contributed by atoms with Crippen molar-refractivity contribution in [1.82, 2.24) is 20.2 Å². The topological polar surface area (TPSA) is 76.0 Å². The summed E-state index contributed by atoms with van der Waals surface area (Å²) < 4.78 is 28.0. The Hall–Kier alpha value is -2.77. The molecule has 2 aromatic rings. The number of hydrogen-bond donors (Lipinski definition) is 2. The molecule has 2 amide bonds. The molecule has 0 aliphatic carbocycles. The van der Waals surface area contributed by atoms with Gasteiger partial charge in [-0.1, -0.05) is 6.92 Å². The number of aromatic nitrogens is 2. The molecule has 2 atom stereocenters. The molecule has 2 unspecified atom stereocenters. The van der Waals surface area contributed by atoms with Crippen LogP contribution in [0.1, 0.15) is 79.8 Å². The number of halogens is 2. The van der Waals surface area contributed by atoms with Gasteiger partial charge >= 0.3 is 0 Å². The van der Waals surface area contributed by atoms with E-state index in [4.69, 9.17) is 0 Å². The zero-order chi connectivity index (χ0) is 22.5. The Labute approximate surface area is 176 Å². The average Bonchev–Trinajstić information content (AvgIpc) is 3.04. The van der Waals surface area contributed by atoms with Crippen molar-refractivity contribution in [2.45, 2.75) is 72.0 Å². The van der Waals surface area contributed by atoms with E-state index in [9.17, 15) is 18.4 Å². The molecule has 6 nitrogen and oxygen atoms in total. The molecule has 0 fully saturated rings. The fourth-order valence-corrected chi connectivity index (χ4v) is 3.06. The highest BCUT2D eigenvalue weighted by Crippen LogP contribution is 2.26. The smallest absolute Gasteiger partial charge is 0.253 e. The van der Waals surface area contributed by atoms with Gasteiger partial charge in [-0.05, 0) is 56.9 Å². The molecule has 0 aromatic carbocycles. The van der Waals surface area contributed by atoms with Gasteiger partial charge < -0.3 is 15.2 Å². The van der Waals surface area contributed by atoms with Crippen LogP contribution >= 0.6 is 0 Å². The van der Waals surface area contributed by atoms with Gasteiger partial charge in [0.15, 0.2) is 0 Å². The Morgan fingerprint density at radius 1 is 1.27 bits per heavy atom. The minimum atomic E-state index is -2.69. The molecular weight excluding hydrogens is 390 g/mol. The first kappa shape index (κ1) is 23.5. The van der Waals surface area contributed by atoms with Gasteiger partial charge in [0.1, 0.15) is 0 Å². The normalized spacial score (nSPS) is 13.6. The van der Waals surface area contributed by atoms with E-state index in [2.05, 4.69) is 15.6 Å². The van der Waals surface area contributed by atoms with Crippen molar-refractivity contribution in [3.05, 3.63) is 53.1 Å². The number of nitrogens with one attached hydrogen (secondary N) is 2. The predicted molar refractivity (Wildman–Crippen MR) is 111 cm³/mol. The molecule has 0 spiro atoms. The number of amides is 2. The summed E-state index contributed by atoms with van der Waals surface area (Å²) in [5, 5.41) is 5.67. The van der Waals surface area contributed by atoms with Crippen LogP contribution in [0.3, 0.4) is 0 Å². The van der Waals surface area contributed by atoms with Crippen LogP contribution in [0.25, 0.3) is 0 Å². The SMILES string of the molecule is CC(=O)NCn1cc(C(C)NC(=O)c2ccc(C(C)CCC(C)(F)F)nc2)cc1C. The molecule has 2 rings (SSSR count). The first-order valence-corrected chi connectivity index (χ1v) is 10.0. The van der Waals surface area contributed by atoms with Crippen LogP contribution in [-0.2, 0) is 11.5 Å². The van der Waals surface area contributed by atoms with E-state index < -0.39 is 5.92 Å². The first-order valence-electron chi connectivity index (χ1n) is 10.0. The number of carbonyl (C=O) groups is 2. The van der Waals surface area contributed by atoms with Gasteiger partial charge in [-0.15, -0.1) is 0 Å². The molecule has 0 bridgehead atoms. The third kappa shape index (κ3) is 6.93. The second-order valence-corrected chi connectivity index (χ2v) is 7.95. The lowest BCUT2D eigenvalue weighted by atomic mass is 9.98. The Kier molecular flexibility index (Phi) is 7.70. The zero-order valence-electron chi connectivity index (χ0n) is 18.1. The molecule has 0 saturated heterocycles. The van der Waals surface area contributed by atoms with Gasteiger partial charge in [0.05, 0.1) is 18.3 Å². The molecule has 2 aromatic heterocycles. The minimum Gasteiger partial charge on any atom is -0.345 e. The molecule has 0 saturated carbocycles. The Morgan fingerprint density at radius 2 is 1.97 bits per heavy atom. The molecule has 0 aliphatic heterocycles. The lowest BCUT2D eigenvalue weighted by molar-refractivity contribution is -0.119. The predicted octanol–water partition coefficient (Wildman–Crippen LogP) is 4.32. The molecule has 2 N–H and O–H groups in total. The van der Waals surface area contributed by atoms with Crippen LogP contribution in [0.4, 0.5) is 8.78 Å². The average molecular weight is 421 g/mol. The third-order valence-electron chi connectivity index (χ3n) is 5.05. The maximum Gasteiger partial charge on any atom is 0.253 e. The minimum absolute atomic E-state index is 0.111. The van der Waals surface area contributed by atoms with E-state index in [0.29, 0.717) is 24.3 Å². The van der Waals surface area contributed by atoms with Crippen LogP contribution in [-0.4, -0.2) is 27.3 Å². The summed E-state index contributed by atoms with van der Waals surface area (Å²) in [7, 11) is 0. The van der Waals surface area contributed by atoms with Crippen molar-refractivity contribution < 1.29 is 18.4 Å². The van der Waals surface area contributed by atoms with E-state index in [-0.39, 0.29) is 30.2 Å². The molecule has 0 aliphatic rings. The maximum absolute atomic E-state index is 13.0. The van der Waals surface area contributed by atoms with Gasteiger partial charge in [0.2, 0.25) is 11.8 Å². The second-order valence-electron chi connectivity index (χ2n) is 7.95. The quantitative estimate of drug-likeness (QED) is 0.635. The van der Waals surface area contributed by atoms with Gasteiger partial charge in [0.25, 0.3) is 5.91 Å². The summed E-state index contributed by atoms with van der Waals surface area (Å²) in [6.45, 7) is 8.40. The van der Waals surface area contributed by atoms with Gasteiger partial charge in [-0.2, -0.15) is 0 Å². The Balaban J connectivity index is 1.97. The van der Waals surface area contributed by atoms with Gasteiger partial charge in [-0.3, -0.25) is 14.6 Å². The van der Waals surface area contributed by atoms with E-state index in [1.807, 2.05) is 37.6 Å². The van der Waals surface area contributed by atoms with Crippen molar-refractivity contribution in [3.8, 4) is 0 Å². The van der Waals surface area contributed by atoms with Crippen LogP contribution < -0.4 is 10.6 Å². The van der Waals surface area contributed by atoms with Gasteiger partial charge in [0, 0.05) is 37.1 Å². The molecule has 8 heteroatoms. The molecular formula is C22H30F2N4O2. The standard InChI is InChI=1S/C22H30F2N4O2/c1-14(8-9-22(5,23)24)20-7-6-18(11-25-20)21(30)27-16(3)19-10-15(2)28(12-19)13-26-17(4)29/h6-7,10-12,14,16H,8-9,13H2,1-5H3,(H,26,29)(H,27,30). The summed E-state index contributed by atoms with van der Waals surface area (Å²) in [4.78, 5) is 27.9. The highest BCUT2D eigenvalue weighted by molar-refractivity contribution is 5.94. The highest BCUT2D eigenvalue weighted by atomic mass is 19.3. The lowest BCUT2D eigenvalue weighted by Crippen LogP contribution is -2.26. The van der Waals surface area contributed by atoms with Crippen molar-refractivity contribution in [3.63, 3.8) is 0 Å². The molecule has 2 heterocycles. The summed E-state index contributed by atoms with van der Waals surface area (Å²) >= 11 is 0. The largest absolute Gasteiger partial charge is 0.345 e. The fraction of sp³-hybridized carbons (Fsp3) is 0.500. The van der Waals surface area contributed by atoms with Crippen molar-refractivity contribution in [2.75, 3.05) is 0 Å². The number of nitrogens with zero attached hydrogens (tertiary/aromatic N) is 2. The van der Waals surface area contributed by atoms with Crippen LogP contribution in [0.5, 0.6) is 0 Å². The number of rotatable bonds is 9. The van der Waals surface area contributed by atoms with E-state index in [1.165, 1.54) is 13.1 Å². The summed E-state index contributed by atoms with van der Waals surface area (Å²) in [6.07, 6.45) is 3.50. The Bertz CT molecular complexity index is 872. The van der Waals surface area contributed by atoms with E-state index in [1.54, 1.807) is 12.1 Å². The van der Waals surface area contributed by atoms with Crippen LogP contribution in [0.2, 0.25) is 0 Å². The number of aryl methyl sites for hydroxylation is 1.